The van der Waals surface area contributed by atoms with Crippen molar-refractivity contribution in [3.63, 3.8) is 0 Å². The van der Waals surface area contributed by atoms with E-state index in [4.69, 9.17) is 4.52 Å². The SMILES string of the molecule is O=c1c2ccsc2ncn1Cc1nc(-c2cccc(C(F)(F)F)c2)no1. The van der Waals surface area contributed by atoms with E-state index in [1.807, 2.05) is 0 Å². The van der Waals surface area contributed by atoms with Crippen LogP contribution in [-0.4, -0.2) is 19.7 Å². The van der Waals surface area contributed by atoms with Crippen molar-refractivity contribution in [2.45, 2.75) is 12.7 Å². The van der Waals surface area contributed by atoms with Crippen molar-refractivity contribution in [3.8, 4) is 11.4 Å². The molecule has 6 nitrogen and oxygen atoms in total. The summed E-state index contributed by atoms with van der Waals surface area (Å²) in [6.45, 7) is -0.0242. The van der Waals surface area contributed by atoms with Crippen LogP contribution in [0.3, 0.4) is 0 Å². The minimum absolute atomic E-state index is 0.0173. The zero-order chi connectivity index (χ0) is 18.3. The first-order chi connectivity index (χ1) is 12.4. The summed E-state index contributed by atoms with van der Waals surface area (Å²) in [4.78, 5) is 21.2. The Bertz CT molecular complexity index is 1150. The molecule has 0 atom stereocenters. The molecule has 0 fully saturated rings. The molecule has 0 unspecified atom stereocenters. The van der Waals surface area contributed by atoms with E-state index in [1.165, 1.54) is 34.4 Å². The molecule has 0 saturated carbocycles. The molecule has 4 aromatic rings. The fourth-order valence-corrected chi connectivity index (χ4v) is 3.15. The molecule has 0 saturated heterocycles. The number of hydrogen-bond donors (Lipinski definition) is 0. The summed E-state index contributed by atoms with van der Waals surface area (Å²) in [7, 11) is 0. The van der Waals surface area contributed by atoms with Gasteiger partial charge in [0.15, 0.2) is 0 Å². The highest BCUT2D eigenvalue weighted by Gasteiger charge is 2.30. The first-order valence-electron chi connectivity index (χ1n) is 7.35. The molecule has 3 aromatic heterocycles. The first-order valence-corrected chi connectivity index (χ1v) is 8.22. The molecule has 0 N–H and O–H groups in total. The van der Waals surface area contributed by atoms with Gasteiger partial charge >= 0.3 is 6.18 Å². The van der Waals surface area contributed by atoms with Crippen LogP contribution in [0.25, 0.3) is 21.6 Å². The predicted octanol–water partition coefficient (Wildman–Crippen LogP) is 3.58. The molecule has 0 aliphatic carbocycles. The first kappa shape index (κ1) is 16.5. The van der Waals surface area contributed by atoms with Gasteiger partial charge in [-0.15, -0.1) is 11.3 Å². The third-order valence-corrected chi connectivity index (χ3v) is 4.49. The number of thiophene rings is 1. The molecule has 0 aliphatic rings. The molecule has 0 aliphatic heterocycles. The van der Waals surface area contributed by atoms with Crippen LogP contribution in [-0.2, 0) is 12.7 Å². The van der Waals surface area contributed by atoms with E-state index in [0.717, 1.165) is 12.1 Å². The Morgan fingerprint density at radius 3 is 2.88 bits per heavy atom. The fraction of sp³-hybridized carbons (Fsp3) is 0.125. The number of aromatic nitrogens is 4. The zero-order valence-electron chi connectivity index (χ0n) is 12.9. The Labute approximate surface area is 147 Å². The van der Waals surface area contributed by atoms with E-state index in [0.29, 0.717) is 10.2 Å². The Morgan fingerprint density at radius 2 is 2.08 bits per heavy atom. The highest BCUT2D eigenvalue weighted by Crippen LogP contribution is 2.31. The normalized spacial score (nSPS) is 12.0. The molecule has 132 valence electrons. The van der Waals surface area contributed by atoms with Crippen molar-refractivity contribution in [1.29, 1.82) is 0 Å². The maximum absolute atomic E-state index is 12.8. The summed E-state index contributed by atoms with van der Waals surface area (Å²) in [5.41, 5.74) is -0.881. The molecule has 0 radical (unpaired) electrons. The Hall–Kier alpha value is -3.01. The van der Waals surface area contributed by atoms with E-state index in [2.05, 4.69) is 15.1 Å². The molecule has 0 amide bonds. The second kappa shape index (κ2) is 6.06. The van der Waals surface area contributed by atoms with Crippen LogP contribution < -0.4 is 5.56 Å². The smallest absolute Gasteiger partial charge is 0.337 e. The summed E-state index contributed by atoms with van der Waals surface area (Å²) in [6, 6.07) is 6.31. The van der Waals surface area contributed by atoms with Crippen LogP contribution in [0.4, 0.5) is 13.2 Å². The largest absolute Gasteiger partial charge is 0.416 e. The summed E-state index contributed by atoms with van der Waals surface area (Å²) in [5.74, 6) is 0.111. The highest BCUT2D eigenvalue weighted by molar-refractivity contribution is 7.16. The lowest BCUT2D eigenvalue weighted by molar-refractivity contribution is -0.137. The molecule has 10 heteroatoms. The fourth-order valence-electron chi connectivity index (χ4n) is 2.42. The van der Waals surface area contributed by atoms with E-state index < -0.39 is 11.7 Å². The standard InChI is InChI=1S/C16H9F3N4O2S/c17-16(18,19)10-3-1-2-9(6-10)13-21-12(25-22-13)7-23-8-20-14-11(15(23)24)4-5-26-14/h1-6,8H,7H2. The van der Waals surface area contributed by atoms with Gasteiger partial charge in [-0.05, 0) is 23.6 Å². The van der Waals surface area contributed by atoms with Crippen LogP contribution in [0, 0.1) is 0 Å². The monoisotopic (exact) mass is 378 g/mol. The van der Waals surface area contributed by atoms with Crippen molar-refractivity contribution >= 4 is 21.6 Å². The molecule has 0 spiro atoms. The lowest BCUT2D eigenvalue weighted by Crippen LogP contribution is -2.20. The van der Waals surface area contributed by atoms with E-state index >= 15 is 0 Å². The van der Waals surface area contributed by atoms with E-state index in [1.54, 1.807) is 11.4 Å². The van der Waals surface area contributed by atoms with Gasteiger partial charge in [-0.1, -0.05) is 17.3 Å². The van der Waals surface area contributed by atoms with Crippen molar-refractivity contribution in [2.75, 3.05) is 0 Å². The molecule has 26 heavy (non-hydrogen) atoms. The van der Waals surface area contributed by atoms with Gasteiger partial charge in [0, 0.05) is 5.56 Å². The number of alkyl halides is 3. The van der Waals surface area contributed by atoms with Gasteiger partial charge in [-0.2, -0.15) is 18.2 Å². The minimum Gasteiger partial charge on any atom is -0.337 e. The number of halogens is 3. The summed E-state index contributed by atoms with van der Waals surface area (Å²) in [6.07, 6.45) is -3.09. The molecule has 4 rings (SSSR count). The van der Waals surface area contributed by atoms with Gasteiger partial charge < -0.3 is 4.52 Å². The lowest BCUT2D eigenvalue weighted by atomic mass is 10.1. The van der Waals surface area contributed by atoms with Gasteiger partial charge in [0.2, 0.25) is 11.7 Å². The minimum atomic E-state index is -4.46. The average Bonchev–Trinajstić information content (AvgIpc) is 3.26. The van der Waals surface area contributed by atoms with Crippen molar-refractivity contribution < 1.29 is 17.7 Å². The van der Waals surface area contributed by atoms with Crippen LogP contribution in [0.2, 0.25) is 0 Å². The summed E-state index contributed by atoms with van der Waals surface area (Å²) < 4.78 is 44.8. The third kappa shape index (κ3) is 2.99. The van der Waals surface area contributed by atoms with Gasteiger partial charge in [0.05, 0.1) is 17.3 Å². The maximum atomic E-state index is 12.8. The molecule has 1 aromatic carbocycles. The quantitative estimate of drug-likeness (QED) is 0.545. The van der Waals surface area contributed by atoms with Gasteiger partial charge in [-0.3, -0.25) is 9.36 Å². The van der Waals surface area contributed by atoms with E-state index in [9.17, 15) is 18.0 Å². The van der Waals surface area contributed by atoms with Crippen molar-refractivity contribution in [1.82, 2.24) is 19.7 Å². The van der Waals surface area contributed by atoms with Gasteiger partial charge in [0.25, 0.3) is 5.56 Å². The van der Waals surface area contributed by atoms with Gasteiger partial charge in [-0.25, -0.2) is 4.98 Å². The molecule has 3 heterocycles. The molecular weight excluding hydrogens is 369 g/mol. The Balaban J connectivity index is 1.64. The second-order valence-electron chi connectivity index (χ2n) is 5.41. The lowest BCUT2D eigenvalue weighted by Gasteiger charge is -2.06. The number of benzene rings is 1. The molecular formula is C16H9F3N4O2S. The summed E-state index contributed by atoms with van der Waals surface area (Å²) in [5, 5.41) is 5.95. The highest BCUT2D eigenvalue weighted by atomic mass is 32.1. The van der Waals surface area contributed by atoms with E-state index in [-0.39, 0.29) is 29.4 Å². The zero-order valence-corrected chi connectivity index (χ0v) is 13.7. The predicted molar refractivity (Wildman–Crippen MR) is 87.7 cm³/mol. The van der Waals surface area contributed by atoms with Crippen LogP contribution >= 0.6 is 11.3 Å². The van der Waals surface area contributed by atoms with Crippen molar-refractivity contribution in [3.05, 3.63) is 63.8 Å². The number of nitrogens with zero attached hydrogens (tertiary/aromatic N) is 4. The van der Waals surface area contributed by atoms with Gasteiger partial charge in [0.1, 0.15) is 11.4 Å². The Kier molecular flexibility index (Phi) is 3.83. The number of fused-ring (bicyclic) bond motifs is 1. The second-order valence-corrected chi connectivity index (χ2v) is 6.30. The van der Waals surface area contributed by atoms with Crippen molar-refractivity contribution in [2.24, 2.45) is 0 Å². The number of hydrogen-bond acceptors (Lipinski definition) is 6. The van der Waals surface area contributed by atoms with Crippen LogP contribution in [0.5, 0.6) is 0 Å². The Morgan fingerprint density at radius 1 is 1.23 bits per heavy atom. The number of rotatable bonds is 3. The van der Waals surface area contributed by atoms with Crippen LogP contribution in [0.1, 0.15) is 11.5 Å². The van der Waals surface area contributed by atoms with Crippen LogP contribution in [0.15, 0.2) is 51.4 Å². The third-order valence-electron chi connectivity index (χ3n) is 3.67. The summed E-state index contributed by atoms with van der Waals surface area (Å²) >= 11 is 1.35. The maximum Gasteiger partial charge on any atom is 0.416 e. The average molecular weight is 378 g/mol. The molecule has 0 bridgehead atoms. The topological polar surface area (TPSA) is 73.8 Å².